The summed E-state index contributed by atoms with van der Waals surface area (Å²) in [6, 6.07) is 25.7. The van der Waals surface area contributed by atoms with E-state index in [-0.39, 0.29) is 17.0 Å². The van der Waals surface area contributed by atoms with E-state index in [1.54, 1.807) is 12.1 Å². The van der Waals surface area contributed by atoms with Crippen LogP contribution in [0, 0.1) is 5.41 Å². The predicted octanol–water partition coefficient (Wildman–Crippen LogP) is 8.50. The van der Waals surface area contributed by atoms with Crippen LogP contribution in [-0.2, 0) is 24.6 Å². The number of halogens is 4. The van der Waals surface area contributed by atoms with Crippen LogP contribution in [0.4, 0.5) is 29.3 Å². The van der Waals surface area contributed by atoms with Gasteiger partial charge in [0.05, 0.1) is 23.8 Å². The number of hydrogen-bond donors (Lipinski definition) is 3. The van der Waals surface area contributed by atoms with Gasteiger partial charge in [-0.15, -0.1) is 11.8 Å². The molecule has 0 unspecified atom stereocenters. The molecule has 0 saturated carbocycles. The summed E-state index contributed by atoms with van der Waals surface area (Å²) in [6.45, 7) is 13.6. The number of benzene rings is 4. The number of nitrogens with zero attached hydrogens (tertiary/aromatic N) is 5. The lowest BCUT2D eigenvalue weighted by Gasteiger charge is -2.44. The van der Waals surface area contributed by atoms with Gasteiger partial charge in [0.15, 0.2) is 0 Å². The lowest BCUT2D eigenvalue weighted by atomic mass is 9.71. The molecule has 0 bridgehead atoms. The van der Waals surface area contributed by atoms with Gasteiger partial charge in [-0.05, 0) is 116 Å². The van der Waals surface area contributed by atoms with E-state index in [9.17, 15) is 44.7 Å². The molecule has 4 aromatic carbocycles. The normalized spacial score (nSPS) is 21.2. The Kier molecular flexibility index (Phi) is 18.2. The number of carbonyl (C=O) groups excluding carboxylic acids is 1. The van der Waals surface area contributed by atoms with E-state index in [1.165, 1.54) is 39.9 Å². The van der Waals surface area contributed by atoms with Crippen molar-refractivity contribution in [2.75, 3.05) is 108 Å². The first kappa shape index (κ1) is 56.3. The number of carbonyl (C=O) groups is 2. The van der Waals surface area contributed by atoms with Crippen molar-refractivity contribution >= 4 is 72.2 Å². The first-order valence-electron chi connectivity index (χ1n) is 25.2. The van der Waals surface area contributed by atoms with E-state index < -0.39 is 58.9 Å². The van der Waals surface area contributed by atoms with Gasteiger partial charge in [-0.3, -0.25) is 19.5 Å². The summed E-state index contributed by atoms with van der Waals surface area (Å²) in [5, 5.41) is 13.1. The predicted molar refractivity (Wildman–Crippen MR) is 287 cm³/mol. The smallest absolute Gasteiger partial charge is 0.465 e. The Bertz CT molecular complexity index is 2890. The molecule has 0 radical (unpaired) electrons. The number of sulfone groups is 1. The van der Waals surface area contributed by atoms with Crippen LogP contribution in [0.5, 0.6) is 0 Å². The molecule has 22 heteroatoms. The van der Waals surface area contributed by atoms with Crippen LogP contribution >= 0.6 is 23.4 Å². The van der Waals surface area contributed by atoms with Crippen molar-refractivity contribution in [3.05, 3.63) is 119 Å². The van der Waals surface area contributed by atoms with Crippen molar-refractivity contribution in [2.24, 2.45) is 5.41 Å². The highest BCUT2D eigenvalue weighted by atomic mass is 35.5. The minimum Gasteiger partial charge on any atom is -0.465 e. The van der Waals surface area contributed by atoms with Crippen molar-refractivity contribution in [1.82, 2.24) is 24.3 Å². The maximum atomic E-state index is 14.3. The summed E-state index contributed by atoms with van der Waals surface area (Å²) in [6.07, 6.45) is 2.37. The molecule has 2 amide bonds. The molecule has 3 N–H and O–H groups in total. The minimum absolute atomic E-state index is 0.0132. The third-order valence-electron chi connectivity index (χ3n) is 14.7. The number of sulfonamides is 1. The van der Waals surface area contributed by atoms with Crippen molar-refractivity contribution in [3.8, 4) is 0 Å². The average Bonchev–Trinajstić information content (AvgIpc) is 3.38. The summed E-state index contributed by atoms with van der Waals surface area (Å²) in [5.41, 5.74) is -1.50. The standard InChI is InChI=1S/C53H65ClF3N7O8S3/c1-38-35-72-31-30-62(38)21-19-43(36-73-45-6-4-3-5-7-45)58-48-17-16-46(32-49(48)74(68,69)53(55,56)57)75(70,71)59-50(65)40-10-14-44(15-11-40)63-26-22-60(23-27-63)34-41-33-52(2,37-61-24-28-64(29-25-61)51(66)67)20-18-47(41)39-8-12-42(54)13-9-39/h3-17,32,38,43,58H,18-31,33-37H2,1-2H3,(H,59,65)(H,66,67)/t38-,43-,52-/m1/s1. The number of thioether (sulfide) groups is 1. The van der Waals surface area contributed by atoms with E-state index in [0.29, 0.717) is 88.8 Å². The molecule has 3 fully saturated rings. The Hall–Kier alpha value is -4.87. The number of nitrogens with one attached hydrogen (secondary N) is 2. The molecule has 3 heterocycles. The van der Waals surface area contributed by atoms with Crippen molar-refractivity contribution in [3.63, 3.8) is 0 Å². The maximum Gasteiger partial charge on any atom is 0.501 e. The lowest BCUT2D eigenvalue weighted by molar-refractivity contribution is -0.0436. The molecule has 0 aromatic heterocycles. The highest BCUT2D eigenvalue weighted by Crippen LogP contribution is 2.44. The van der Waals surface area contributed by atoms with Crippen LogP contribution < -0.4 is 14.9 Å². The molecular weight excluding hydrogens is 1050 g/mol. The molecule has 1 aliphatic carbocycles. The first-order chi connectivity index (χ1) is 35.7. The van der Waals surface area contributed by atoms with E-state index in [0.717, 1.165) is 73.7 Å². The van der Waals surface area contributed by atoms with Gasteiger partial charge in [0.1, 0.15) is 4.90 Å². The number of alkyl halides is 3. The Morgan fingerprint density at radius 1 is 0.880 bits per heavy atom. The van der Waals surface area contributed by atoms with E-state index in [4.69, 9.17) is 16.3 Å². The Labute approximate surface area is 447 Å². The summed E-state index contributed by atoms with van der Waals surface area (Å²) < 4.78 is 104. The van der Waals surface area contributed by atoms with Gasteiger partial charge in [-0.25, -0.2) is 26.4 Å². The molecular formula is C53H65ClF3N7O8S3. The SMILES string of the molecule is C[C@@H]1COCCN1CC[C@H](CSc1ccccc1)Nc1ccc(S(=O)(=O)NC(=O)c2ccc(N3CCN(CC4=C(c5ccc(Cl)cc5)CC[C@@](C)(CN5CCN(C(=O)O)CC5)C4)CC3)cc2)cc1S(=O)(=O)C(F)(F)F. The molecule has 3 atom stereocenters. The number of rotatable bonds is 18. The zero-order valence-corrected chi connectivity index (χ0v) is 45.3. The number of piperazine rings is 2. The number of anilines is 2. The molecule has 406 valence electrons. The number of carboxylic acid groups (broad SMARTS) is 1. The zero-order chi connectivity index (χ0) is 53.5. The number of hydrogen-bond acceptors (Lipinski definition) is 13. The summed E-state index contributed by atoms with van der Waals surface area (Å²) >= 11 is 7.73. The van der Waals surface area contributed by atoms with Crippen molar-refractivity contribution in [1.29, 1.82) is 0 Å². The topological polar surface area (TPSA) is 172 Å². The van der Waals surface area contributed by atoms with Gasteiger partial charge in [0.25, 0.3) is 25.8 Å². The van der Waals surface area contributed by atoms with Gasteiger partial charge < -0.3 is 25.0 Å². The van der Waals surface area contributed by atoms with Crippen LogP contribution in [0.15, 0.2) is 117 Å². The van der Waals surface area contributed by atoms with Crippen LogP contribution in [0.2, 0.25) is 5.02 Å². The minimum atomic E-state index is -6.09. The fraction of sp³-hybridized carbons (Fsp3) is 0.472. The third kappa shape index (κ3) is 14.4. The molecule has 3 aliphatic heterocycles. The Morgan fingerprint density at radius 3 is 2.21 bits per heavy atom. The first-order valence-corrected chi connectivity index (χ1v) is 29.5. The van der Waals surface area contributed by atoms with Crippen LogP contribution in [0.1, 0.15) is 55.5 Å². The van der Waals surface area contributed by atoms with Gasteiger partial charge in [-0.2, -0.15) is 13.2 Å². The molecule has 8 rings (SSSR count). The molecule has 4 aliphatic rings. The second kappa shape index (κ2) is 24.2. The molecule has 4 aromatic rings. The Balaban J connectivity index is 0.916. The third-order valence-corrected chi connectivity index (χ3v) is 19.0. The molecule has 3 saturated heterocycles. The summed E-state index contributed by atoms with van der Waals surface area (Å²) in [5.74, 6) is -0.694. The molecule has 0 spiro atoms. The Morgan fingerprint density at radius 2 is 1.56 bits per heavy atom. The number of morpholine rings is 1. The van der Waals surface area contributed by atoms with E-state index in [2.05, 4.69) is 44.0 Å². The molecule has 15 nitrogen and oxygen atoms in total. The van der Waals surface area contributed by atoms with E-state index in [1.807, 2.05) is 54.1 Å². The zero-order valence-electron chi connectivity index (χ0n) is 42.1. The number of allylic oxidation sites excluding steroid dienone is 1. The summed E-state index contributed by atoms with van der Waals surface area (Å²) in [7, 11) is -11.0. The highest BCUT2D eigenvalue weighted by Gasteiger charge is 2.48. The maximum absolute atomic E-state index is 14.3. The monoisotopic (exact) mass is 1120 g/mol. The van der Waals surface area contributed by atoms with Gasteiger partial charge in [0, 0.05) is 118 Å². The van der Waals surface area contributed by atoms with Gasteiger partial charge in [0.2, 0.25) is 0 Å². The van der Waals surface area contributed by atoms with Crippen LogP contribution in [-0.4, -0.2) is 169 Å². The highest BCUT2D eigenvalue weighted by molar-refractivity contribution is 7.99. The molecule has 75 heavy (non-hydrogen) atoms. The van der Waals surface area contributed by atoms with Gasteiger partial charge in [-0.1, -0.05) is 54.4 Å². The van der Waals surface area contributed by atoms with Crippen LogP contribution in [0.25, 0.3) is 5.57 Å². The van der Waals surface area contributed by atoms with E-state index >= 15 is 0 Å². The number of amides is 2. The lowest BCUT2D eigenvalue weighted by Crippen LogP contribution is -2.51. The summed E-state index contributed by atoms with van der Waals surface area (Å²) in [4.78, 5) is 34.5. The fourth-order valence-electron chi connectivity index (χ4n) is 10.4. The van der Waals surface area contributed by atoms with Crippen molar-refractivity contribution in [2.45, 2.75) is 71.8 Å². The second-order valence-electron chi connectivity index (χ2n) is 20.2. The quantitative estimate of drug-likeness (QED) is 0.0810. The van der Waals surface area contributed by atoms with Gasteiger partial charge >= 0.3 is 11.6 Å². The van der Waals surface area contributed by atoms with Crippen LogP contribution in [0.3, 0.4) is 0 Å². The fourth-order valence-corrected chi connectivity index (χ4v) is 13.6. The average molecular weight is 1120 g/mol. The second-order valence-corrected chi connectivity index (χ2v) is 25.3. The number of ether oxygens (including phenoxy) is 1. The van der Waals surface area contributed by atoms with Crippen molar-refractivity contribution < 1.29 is 49.4 Å². The largest absolute Gasteiger partial charge is 0.501 e.